The van der Waals surface area contributed by atoms with Crippen molar-refractivity contribution in [3.05, 3.63) is 33.8 Å². The fourth-order valence-corrected chi connectivity index (χ4v) is 2.38. The SMILES string of the molecule is CC1(C)COC(=O)N[C@@H]1c1c(F)cc(Br)cc1F.Cl. The van der Waals surface area contributed by atoms with Crippen molar-refractivity contribution >= 4 is 34.4 Å². The topological polar surface area (TPSA) is 38.3 Å². The highest BCUT2D eigenvalue weighted by molar-refractivity contribution is 9.10. The zero-order chi connectivity index (χ0) is 13.5. The molecule has 1 aromatic carbocycles. The highest BCUT2D eigenvalue weighted by Gasteiger charge is 2.40. The van der Waals surface area contributed by atoms with E-state index < -0.39 is 29.2 Å². The number of nitrogens with one attached hydrogen (secondary N) is 1. The molecule has 1 N–H and O–H groups in total. The molecular weight excluding hydrogens is 343 g/mol. The van der Waals surface area contributed by atoms with Crippen LogP contribution in [0.15, 0.2) is 16.6 Å². The Morgan fingerprint density at radius 2 is 1.89 bits per heavy atom. The van der Waals surface area contributed by atoms with Crippen molar-refractivity contribution in [1.29, 1.82) is 0 Å². The summed E-state index contributed by atoms with van der Waals surface area (Å²) in [6.07, 6.45) is -0.666. The van der Waals surface area contributed by atoms with Crippen LogP contribution in [0.1, 0.15) is 25.5 Å². The molecule has 1 heterocycles. The first kappa shape index (κ1) is 16.2. The largest absolute Gasteiger partial charge is 0.449 e. The van der Waals surface area contributed by atoms with E-state index in [4.69, 9.17) is 4.74 Å². The fraction of sp³-hybridized carbons (Fsp3) is 0.417. The molecule has 3 nitrogen and oxygen atoms in total. The lowest BCUT2D eigenvalue weighted by molar-refractivity contribution is 0.0367. The molecule has 1 aromatic rings. The van der Waals surface area contributed by atoms with E-state index in [1.807, 2.05) is 0 Å². The van der Waals surface area contributed by atoms with Crippen LogP contribution in [-0.4, -0.2) is 12.7 Å². The molecule has 1 amide bonds. The molecule has 1 fully saturated rings. The number of benzene rings is 1. The molecule has 1 saturated heterocycles. The van der Waals surface area contributed by atoms with Crippen molar-refractivity contribution in [2.24, 2.45) is 5.41 Å². The van der Waals surface area contributed by atoms with E-state index in [9.17, 15) is 13.6 Å². The van der Waals surface area contributed by atoms with Gasteiger partial charge in [-0.25, -0.2) is 13.6 Å². The van der Waals surface area contributed by atoms with Crippen LogP contribution in [0.2, 0.25) is 0 Å². The van der Waals surface area contributed by atoms with E-state index in [0.717, 1.165) is 0 Å². The van der Waals surface area contributed by atoms with Crippen LogP contribution in [-0.2, 0) is 4.74 Å². The summed E-state index contributed by atoms with van der Waals surface area (Å²) in [6.45, 7) is 3.66. The van der Waals surface area contributed by atoms with Crippen LogP contribution in [0.4, 0.5) is 13.6 Å². The molecule has 0 aromatic heterocycles. The molecular formula is C12H13BrClF2NO2. The molecule has 7 heteroatoms. The standard InChI is InChI=1S/C12H12BrF2NO2.ClH/c1-12(2)5-18-11(17)16-10(12)9-7(14)3-6(13)4-8(9)15;/h3-4,10H,5H2,1-2H3,(H,16,17);1H/t10-;/m1./s1. The van der Waals surface area contributed by atoms with Gasteiger partial charge in [-0.1, -0.05) is 29.8 Å². The molecule has 19 heavy (non-hydrogen) atoms. The van der Waals surface area contributed by atoms with E-state index in [2.05, 4.69) is 21.2 Å². The van der Waals surface area contributed by atoms with Crippen LogP contribution in [0.5, 0.6) is 0 Å². The van der Waals surface area contributed by atoms with E-state index >= 15 is 0 Å². The summed E-state index contributed by atoms with van der Waals surface area (Å²) in [6, 6.07) is 1.60. The number of rotatable bonds is 1. The predicted molar refractivity (Wildman–Crippen MR) is 72.3 cm³/mol. The van der Waals surface area contributed by atoms with Crippen molar-refractivity contribution in [3.8, 4) is 0 Å². The number of hydrogen-bond acceptors (Lipinski definition) is 2. The van der Waals surface area contributed by atoms with Gasteiger partial charge in [0.2, 0.25) is 0 Å². The molecule has 2 rings (SSSR count). The third-order valence-electron chi connectivity index (χ3n) is 2.95. The Morgan fingerprint density at radius 3 is 2.42 bits per heavy atom. The van der Waals surface area contributed by atoms with Gasteiger partial charge in [0.25, 0.3) is 0 Å². The molecule has 0 unspecified atom stereocenters. The predicted octanol–water partition coefficient (Wildman–Crippen LogP) is 3.96. The van der Waals surface area contributed by atoms with Crippen molar-refractivity contribution in [3.63, 3.8) is 0 Å². The Kier molecular flexibility index (Phi) is 4.79. The summed E-state index contributed by atoms with van der Waals surface area (Å²) in [5.41, 5.74) is -0.733. The van der Waals surface area contributed by atoms with E-state index in [-0.39, 0.29) is 24.6 Å². The lowest BCUT2D eigenvalue weighted by Crippen LogP contribution is -2.47. The van der Waals surface area contributed by atoms with Gasteiger partial charge in [-0.3, -0.25) is 0 Å². The Hall–Kier alpha value is -0.880. The van der Waals surface area contributed by atoms with E-state index in [1.165, 1.54) is 12.1 Å². The maximum atomic E-state index is 13.9. The molecule has 0 bridgehead atoms. The lowest BCUT2D eigenvalue weighted by Gasteiger charge is -2.38. The highest BCUT2D eigenvalue weighted by Crippen LogP contribution is 2.39. The van der Waals surface area contributed by atoms with Gasteiger partial charge in [-0.2, -0.15) is 0 Å². The smallest absolute Gasteiger partial charge is 0.407 e. The Balaban J connectivity index is 0.00000180. The van der Waals surface area contributed by atoms with E-state index in [0.29, 0.717) is 4.47 Å². The minimum atomic E-state index is -0.758. The minimum absolute atomic E-state index is 0. The summed E-state index contributed by atoms with van der Waals surface area (Å²) < 4.78 is 33.0. The van der Waals surface area contributed by atoms with Gasteiger partial charge in [-0.15, -0.1) is 12.4 Å². The number of carbonyl (C=O) groups excluding carboxylic acids is 1. The van der Waals surface area contributed by atoms with Crippen LogP contribution in [0.3, 0.4) is 0 Å². The second-order valence-electron chi connectivity index (χ2n) is 4.93. The quantitative estimate of drug-likeness (QED) is 0.827. The summed E-state index contributed by atoms with van der Waals surface area (Å²) in [7, 11) is 0. The van der Waals surface area contributed by atoms with Crippen molar-refractivity contribution in [2.75, 3.05) is 6.61 Å². The maximum Gasteiger partial charge on any atom is 0.407 e. The van der Waals surface area contributed by atoms with Crippen LogP contribution < -0.4 is 5.32 Å². The molecule has 1 atom stereocenters. The molecule has 0 radical (unpaired) electrons. The van der Waals surface area contributed by atoms with Crippen molar-refractivity contribution in [2.45, 2.75) is 19.9 Å². The first-order valence-electron chi connectivity index (χ1n) is 5.39. The monoisotopic (exact) mass is 355 g/mol. The molecule has 0 spiro atoms. The van der Waals surface area contributed by atoms with Crippen LogP contribution >= 0.6 is 28.3 Å². The number of alkyl carbamates (subject to hydrolysis) is 1. The molecule has 0 saturated carbocycles. The molecule has 0 aliphatic carbocycles. The molecule has 1 aliphatic heterocycles. The van der Waals surface area contributed by atoms with Gasteiger partial charge in [0, 0.05) is 15.5 Å². The highest BCUT2D eigenvalue weighted by atomic mass is 79.9. The number of cyclic esters (lactones) is 1. The van der Waals surface area contributed by atoms with Gasteiger partial charge in [0.1, 0.15) is 18.2 Å². The second kappa shape index (κ2) is 5.63. The van der Waals surface area contributed by atoms with Crippen molar-refractivity contribution < 1.29 is 18.3 Å². The number of halogens is 4. The summed E-state index contributed by atoms with van der Waals surface area (Å²) in [4.78, 5) is 11.2. The maximum absolute atomic E-state index is 13.9. The minimum Gasteiger partial charge on any atom is -0.449 e. The zero-order valence-electron chi connectivity index (χ0n) is 10.3. The van der Waals surface area contributed by atoms with Gasteiger partial charge in [0.15, 0.2) is 0 Å². The Bertz CT molecular complexity index is 487. The number of carbonyl (C=O) groups is 1. The van der Waals surface area contributed by atoms with Crippen molar-refractivity contribution in [1.82, 2.24) is 5.32 Å². The zero-order valence-corrected chi connectivity index (χ0v) is 12.7. The van der Waals surface area contributed by atoms with E-state index in [1.54, 1.807) is 13.8 Å². The second-order valence-corrected chi connectivity index (χ2v) is 5.84. The Labute approximate surface area is 124 Å². The lowest BCUT2D eigenvalue weighted by atomic mass is 9.80. The van der Waals surface area contributed by atoms with Crippen LogP contribution in [0, 0.1) is 17.0 Å². The number of ether oxygens (including phenoxy) is 1. The average molecular weight is 357 g/mol. The third-order valence-corrected chi connectivity index (χ3v) is 3.41. The number of hydrogen-bond donors (Lipinski definition) is 1. The fourth-order valence-electron chi connectivity index (χ4n) is 1.98. The van der Waals surface area contributed by atoms with Gasteiger partial charge in [0.05, 0.1) is 6.04 Å². The van der Waals surface area contributed by atoms with Gasteiger partial charge >= 0.3 is 6.09 Å². The summed E-state index contributed by atoms with van der Waals surface area (Å²) >= 11 is 3.02. The number of amides is 1. The first-order valence-corrected chi connectivity index (χ1v) is 6.18. The first-order chi connectivity index (χ1) is 8.31. The molecule has 106 valence electrons. The molecule has 1 aliphatic rings. The summed E-state index contributed by atoms with van der Waals surface area (Å²) in [5, 5.41) is 2.47. The summed E-state index contributed by atoms with van der Waals surface area (Å²) in [5.74, 6) is -1.38. The van der Waals surface area contributed by atoms with Crippen LogP contribution in [0.25, 0.3) is 0 Å². The average Bonchev–Trinajstić information content (AvgIpc) is 2.22. The third kappa shape index (κ3) is 3.17. The van der Waals surface area contributed by atoms with Gasteiger partial charge < -0.3 is 10.1 Å². The Morgan fingerprint density at radius 1 is 1.37 bits per heavy atom. The van der Waals surface area contributed by atoms with Gasteiger partial charge in [-0.05, 0) is 12.1 Å². The normalized spacial score (nSPS) is 21.1.